The Bertz CT molecular complexity index is 1330. The minimum Gasteiger partial charge on any atom is -0.379 e. The second kappa shape index (κ2) is 8.16. The van der Waals surface area contributed by atoms with Gasteiger partial charge < -0.3 is 10.2 Å². The SMILES string of the molecule is CCN(CC)c1ccc(N=c2cc3sc4ccccc4nc-3c3c2C=CCN3)c(C)c1. The summed E-state index contributed by atoms with van der Waals surface area (Å²) in [6.07, 6.45) is 4.32. The van der Waals surface area contributed by atoms with Crippen LogP contribution in [-0.4, -0.2) is 24.6 Å². The van der Waals surface area contributed by atoms with Crippen LogP contribution in [0.5, 0.6) is 0 Å². The fourth-order valence-electron chi connectivity index (χ4n) is 4.17. The zero-order valence-corrected chi connectivity index (χ0v) is 19.0. The highest BCUT2D eigenvalue weighted by Gasteiger charge is 2.19. The van der Waals surface area contributed by atoms with E-state index < -0.39 is 0 Å². The molecule has 2 heterocycles. The molecule has 2 aromatic rings. The molecule has 0 saturated carbocycles. The number of nitrogens with one attached hydrogen (secondary N) is 1. The highest BCUT2D eigenvalue weighted by molar-refractivity contribution is 7.21. The third kappa shape index (κ3) is 3.59. The molecule has 0 amide bonds. The zero-order valence-electron chi connectivity index (χ0n) is 18.1. The van der Waals surface area contributed by atoms with Gasteiger partial charge in [0.15, 0.2) is 0 Å². The average Bonchev–Trinajstić information content (AvgIpc) is 2.80. The van der Waals surface area contributed by atoms with Crippen molar-refractivity contribution in [3.63, 3.8) is 0 Å². The molecule has 1 N–H and O–H groups in total. The quantitative estimate of drug-likeness (QED) is 0.393. The summed E-state index contributed by atoms with van der Waals surface area (Å²) in [6.45, 7) is 9.34. The second-order valence-electron chi connectivity index (χ2n) is 7.75. The first-order chi connectivity index (χ1) is 15.2. The smallest absolute Gasteiger partial charge is 0.105 e. The number of hydrogen-bond acceptors (Lipinski definition) is 5. The molecule has 1 aliphatic carbocycles. The van der Waals surface area contributed by atoms with Gasteiger partial charge >= 0.3 is 0 Å². The fraction of sp³-hybridized carbons (Fsp3) is 0.231. The molecule has 0 fully saturated rings. The third-order valence-electron chi connectivity index (χ3n) is 5.83. The topological polar surface area (TPSA) is 40.5 Å². The van der Waals surface area contributed by atoms with E-state index in [-0.39, 0.29) is 0 Å². The van der Waals surface area contributed by atoms with Gasteiger partial charge in [0.1, 0.15) is 5.69 Å². The monoisotopic (exact) mass is 426 g/mol. The number of fused-ring (bicyclic) bond motifs is 4. The van der Waals surface area contributed by atoms with Crippen molar-refractivity contribution >= 4 is 44.7 Å². The van der Waals surface area contributed by atoms with E-state index in [0.717, 1.165) is 58.0 Å². The van der Waals surface area contributed by atoms with Crippen LogP contribution in [0.15, 0.2) is 59.6 Å². The summed E-state index contributed by atoms with van der Waals surface area (Å²) in [5, 5.41) is 4.53. The minimum absolute atomic E-state index is 0.808. The summed E-state index contributed by atoms with van der Waals surface area (Å²) >= 11 is 1.77. The molecule has 0 radical (unpaired) electrons. The van der Waals surface area contributed by atoms with Gasteiger partial charge in [0, 0.05) is 30.9 Å². The van der Waals surface area contributed by atoms with Crippen molar-refractivity contribution in [2.45, 2.75) is 20.8 Å². The first kappa shape index (κ1) is 19.8. The van der Waals surface area contributed by atoms with Crippen LogP contribution >= 0.6 is 11.3 Å². The van der Waals surface area contributed by atoms with E-state index in [2.05, 4.69) is 85.6 Å². The van der Waals surface area contributed by atoms with Crippen LogP contribution in [-0.2, 0) is 0 Å². The van der Waals surface area contributed by atoms with Crippen LogP contribution in [0, 0.1) is 6.92 Å². The first-order valence-electron chi connectivity index (χ1n) is 10.8. The van der Waals surface area contributed by atoms with E-state index >= 15 is 0 Å². The molecule has 5 rings (SSSR count). The number of aromatic nitrogens is 1. The van der Waals surface area contributed by atoms with Gasteiger partial charge in [-0.2, -0.15) is 0 Å². The van der Waals surface area contributed by atoms with Crippen LogP contribution in [0.4, 0.5) is 17.1 Å². The summed E-state index contributed by atoms with van der Waals surface area (Å²) in [7, 11) is 0. The maximum Gasteiger partial charge on any atom is 0.105 e. The van der Waals surface area contributed by atoms with Gasteiger partial charge in [0.05, 0.1) is 31.8 Å². The lowest BCUT2D eigenvalue weighted by Gasteiger charge is -2.22. The van der Waals surface area contributed by atoms with Crippen LogP contribution in [0.1, 0.15) is 25.0 Å². The highest BCUT2D eigenvalue weighted by Crippen LogP contribution is 2.37. The van der Waals surface area contributed by atoms with Crippen molar-refractivity contribution < 1.29 is 0 Å². The standard InChI is InChI=1S/C26H26N4S/c1-4-30(5-2)18-12-13-20(17(3)15-18)28-22-16-24-26(25-19(22)9-8-14-27-25)29-21-10-6-7-11-23(21)31-24/h6-13,15-16,27H,4-5,14H2,1-3H3. The molecule has 0 bridgehead atoms. The minimum atomic E-state index is 0.808. The summed E-state index contributed by atoms with van der Waals surface area (Å²) < 4.78 is 1.19. The van der Waals surface area contributed by atoms with Crippen molar-refractivity contribution in [3.05, 3.63) is 71.1 Å². The first-order valence-corrected chi connectivity index (χ1v) is 11.7. The predicted molar refractivity (Wildman–Crippen MR) is 134 cm³/mol. The van der Waals surface area contributed by atoms with E-state index in [0.29, 0.717) is 0 Å². The summed E-state index contributed by atoms with van der Waals surface area (Å²) in [6, 6.07) is 17.1. The van der Waals surface area contributed by atoms with Crippen LogP contribution in [0.2, 0.25) is 0 Å². The number of benzene rings is 3. The van der Waals surface area contributed by atoms with Gasteiger partial charge in [-0.15, -0.1) is 11.3 Å². The number of rotatable bonds is 4. The summed E-state index contributed by atoms with van der Waals surface area (Å²) in [5.74, 6) is 0. The van der Waals surface area contributed by atoms with Gasteiger partial charge in [-0.3, -0.25) is 0 Å². The number of nitrogens with zero attached hydrogens (tertiary/aromatic N) is 3. The number of para-hydroxylation sites is 1. The molecule has 5 heteroatoms. The molecule has 0 aromatic heterocycles. The van der Waals surface area contributed by atoms with Gasteiger partial charge in [-0.05, 0) is 62.7 Å². The molecule has 2 aromatic carbocycles. The predicted octanol–water partition coefficient (Wildman–Crippen LogP) is 6.23. The molecular formula is C26H26N4S. The van der Waals surface area contributed by atoms with Gasteiger partial charge in [0.25, 0.3) is 0 Å². The Hall–Kier alpha value is -3.18. The van der Waals surface area contributed by atoms with Crippen LogP contribution in [0.3, 0.4) is 0 Å². The van der Waals surface area contributed by atoms with E-state index in [1.165, 1.54) is 16.0 Å². The Morgan fingerprint density at radius 1 is 1.10 bits per heavy atom. The van der Waals surface area contributed by atoms with E-state index in [9.17, 15) is 0 Å². The molecule has 0 unspecified atom stereocenters. The molecule has 3 aliphatic rings. The normalized spacial score (nSPS) is 13.5. The Morgan fingerprint density at radius 2 is 1.94 bits per heavy atom. The van der Waals surface area contributed by atoms with Gasteiger partial charge in [-0.1, -0.05) is 24.3 Å². The van der Waals surface area contributed by atoms with Crippen molar-refractivity contribution in [2.75, 3.05) is 29.9 Å². The van der Waals surface area contributed by atoms with Crippen molar-refractivity contribution in [1.82, 2.24) is 4.98 Å². The molecular weight excluding hydrogens is 400 g/mol. The highest BCUT2D eigenvalue weighted by atomic mass is 32.1. The Balaban J connectivity index is 1.72. The molecule has 0 spiro atoms. The van der Waals surface area contributed by atoms with Gasteiger partial charge in [-0.25, -0.2) is 9.98 Å². The van der Waals surface area contributed by atoms with Crippen LogP contribution < -0.4 is 15.6 Å². The summed E-state index contributed by atoms with van der Waals surface area (Å²) in [5.41, 5.74) is 7.70. The molecule has 4 nitrogen and oxygen atoms in total. The lowest BCUT2D eigenvalue weighted by atomic mass is 10.0. The maximum absolute atomic E-state index is 5.11. The second-order valence-corrected chi connectivity index (χ2v) is 8.83. The third-order valence-corrected chi connectivity index (χ3v) is 6.93. The van der Waals surface area contributed by atoms with Crippen LogP contribution in [0.25, 0.3) is 26.9 Å². The lowest BCUT2D eigenvalue weighted by molar-refractivity contribution is 0.865. The summed E-state index contributed by atoms with van der Waals surface area (Å²) in [4.78, 5) is 13.6. The average molecular weight is 427 g/mol. The number of hydrogen-bond donors (Lipinski definition) is 1. The largest absolute Gasteiger partial charge is 0.379 e. The number of anilines is 2. The van der Waals surface area contributed by atoms with Crippen molar-refractivity contribution in [2.24, 2.45) is 4.99 Å². The molecule has 2 aliphatic heterocycles. The molecule has 0 atom stereocenters. The molecule has 31 heavy (non-hydrogen) atoms. The maximum atomic E-state index is 5.11. The van der Waals surface area contributed by atoms with Gasteiger partial charge in [0.2, 0.25) is 0 Å². The Labute approximate surface area is 187 Å². The number of aryl methyl sites for hydroxylation is 1. The Kier molecular flexibility index (Phi) is 5.20. The van der Waals surface area contributed by atoms with E-state index in [4.69, 9.17) is 9.98 Å². The van der Waals surface area contributed by atoms with Crippen molar-refractivity contribution in [1.29, 1.82) is 0 Å². The fourth-order valence-corrected chi connectivity index (χ4v) is 5.19. The molecule has 0 saturated heterocycles. The molecule has 156 valence electrons. The van der Waals surface area contributed by atoms with Crippen molar-refractivity contribution in [3.8, 4) is 10.6 Å². The van der Waals surface area contributed by atoms with E-state index in [1.54, 1.807) is 11.3 Å². The zero-order chi connectivity index (χ0) is 21.4. The Morgan fingerprint density at radius 3 is 2.74 bits per heavy atom. The lowest BCUT2D eigenvalue weighted by Crippen LogP contribution is -2.21. The van der Waals surface area contributed by atoms with E-state index in [1.807, 2.05) is 6.07 Å².